The summed E-state index contributed by atoms with van der Waals surface area (Å²) in [6, 6.07) is 29.4. The van der Waals surface area contributed by atoms with Gasteiger partial charge in [0.2, 0.25) is 5.91 Å². The molecule has 1 saturated heterocycles. The summed E-state index contributed by atoms with van der Waals surface area (Å²) in [6.45, 7) is 6.95. The largest absolute Gasteiger partial charge is 0.374 e. The Hall–Kier alpha value is -3.29. The molecule has 1 fully saturated rings. The molecule has 0 aliphatic carbocycles. The molecular weight excluding hydrogens is 466 g/mol. The molecule has 6 heteroatoms. The van der Waals surface area contributed by atoms with Gasteiger partial charge in [0, 0.05) is 6.92 Å². The van der Waals surface area contributed by atoms with E-state index >= 15 is 0 Å². The monoisotopic (exact) mass is 501 g/mol. The van der Waals surface area contributed by atoms with Crippen molar-refractivity contribution in [3.05, 3.63) is 120 Å². The zero-order valence-electron chi connectivity index (χ0n) is 21.2. The van der Waals surface area contributed by atoms with E-state index in [9.17, 15) is 4.79 Å². The van der Waals surface area contributed by atoms with Crippen molar-refractivity contribution in [1.29, 1.82) is 0 Å². The fraction of sp³-hybridized carbons (Fsp3) is 0.323. The van der Waals surface area contributed by atoms with E-state index in [-0.39, 0.29) is 5.91 Å². The lowest BCUT2D eigenvalue weighted by atomic mass is 9.92. The minimum absolute atomic E-state index is 0.172. The van der Waals surface area contributed by atoms with Gasteiger partial charge in [-0.2, -0.15) is 0 Å². The summed E-state index contributed by atoms with van der Waals surface area (Å²) in [5.74, 6) is -0.172. The maximum atomic E-state index is 12.2. The summed E-state index contributed by atoms with van der Waals surface area (Å²) in [7, 11) is 0. The average Bonchev–Trinajstić information content (AvgIpc) is 2.93. The summed E-state index contributed by atoms with van der Waals surface area (Å²) >= 11 is 0. The van der Waals surface area contributed by atoms with Crippen LogP contribution < -0.4 is 5.32 Å². The van der Waals surface area contributed by atoms with Gasteiger partial charge in [0.1, 0.15) is 18.3 Å². The van der Waals surface area contributed by atoms with E-state index in [1.165, 1.54) is 6.92 Å². The number of nitrogens with one attached hydrogen (secondary N) is 1. The molecular formula is C31H35NO5. The second-order valence-corrected chi connectivity index (χ2v) is 9.12. The quantitative estimate of drug-likeness (QED) is 0.360. The van der Waals surface area contributed by atoms with E-state index in [4.69, 9.17) is 18.9 Å². The molecule has 5 atom stereocenters. The van der Waals surface area contributed by atoms with Crippen LogP contribution in [0.15, 0.2) is 104 Å². The molecule has 3 unspecified atom stereocenters. The van der Waals surface area contributed by atoms with Gasteiger partial charge in [-0.05, 0) is 16.7 Å². The van der Waals surface area contributed by atoms with Gasteiger partial charge in [0.05, 0.1) is 38.6 Å². The van der Waals surface area contributed by atoms with Crippen molar-refractivity contribution in [2.75, 3.05) is 6.61 Å². The summed E-state index contributed by atoms with van der Waals surface area (Å²) in [5.41, 5.74) is 3.15. The molecule has 194 valence electrons. The van der Waals surface area contributed by atoms with Crippen molar-refractivity contribution >= 4 is 5.91 Å². The Morgan fingerprint density at radius 3 is 1.78 bits per heavy atom. The van der Waals surface area contributed by atoms with Crippen LogP contribution in [0.4, 0.5) is 0 Å². The van der Waals surface area contributed by atoms with E-state index in [0.29, 0.717) is 26.4 Å². The van der Waals surface area contributed by atoms with Gasteiger partial charge in [0.25, 0.3) is 0 Å². The smallest absolute Gasteiger partial charge is 0.217 e. The van der Waals surface area contributed by atoms with Crippen LogP contribution in [0.2, 0.25) is 0 Å². The maximum Gasteiger partial charge on any atom is 0.217 e. The number of carbonyl (C=O) groups excluding carboxylic acids is 1. The third kappa shape index (κ3) is 7.84. The number of benzene rings is 3. The van der Waals surface area contributed by atoms with Crippen LogP contribution in [0.3, 0.4) is 0 Å². The standard InChI is InChI=1S/C31H35NO5/c1-3-27-29(32-23(2)33)31(36-21-26-17-11-6-12-18-26)30(35-20-25-15-9-5-10-16-25)28(37-27)22-34-19-24-13-7-4-8-14-24/h3-18,27-31H,1,19-22H2,2H3,(H,32,33)/t27-,28?,29?,30+,31?/m1/s1. The summed E-state index contributed by atoms with van der Waals surface area (Å²) in [4.78, 5) is 12.2. The first-order valence-electron chi connectivity index (χ1n) is 12.6. The van der Waals surface area contributed by atoms with Crippen molar-refractivity contribution in [2.45, 2.75) is 57.2 Å². The Bertz CT molecular complexity index is 1090. The molecule has 0 spiro atoms. The molecule has 1 aliphatic rings. The van der Waals surface area contributed by atoms with Crippen LogP contribution in [-0.2, 0) is 43.6 Å². The second kappa shape index (κ2) is 13.9. The normalized spacial score (nSPS) is 23.3. The molecule has 0 saturated carbocycles. The predicted octanol–water partition coefficient (Wildman–Crippen LogP) is 4.83. The minimum Gasteiger partial charge on any atom is -0.374 e. The maximum absolute atomic E-state index is 12.2. The van der Waals surface area contributed by atoms with E-state index in [1.807, 2.05) is 91.0 Å². The van der Waals surface area contributed by atoms with E-state index in [2.05, 4.69) is 11.9 Å². The van der Waals surface area contributed by atoms with Gasteiger partial charge in [-0.15, -0.1) is 6.58 Å². The fourth-order valence-electron chi connectivity index (χ4n) is 4.50. The highest BCUT2D eigenvalue weighted by Gasteiger charge is 2.47. The molecule has 6 nitrogen and oxygen atoms in total. The van der Waals surface area contributed by atoms with Gasteiger partial charge >= 0.3 is 0 Å². The molecule has 1 heterocycles. The van der Waals surface area contributed by atoms with Crippen LogP contribution >= 0.6 is 0 Å². The van der Waals surface area contributed by atoms with E-state index < -0.39 is 30.5 Å². The third-order valence-electron chi connectivity index (χ3n) is 6.30. The number of carbonyl (C=O) groups is 1. The van der Waals surface area contributed by atoms with Gasteiger partial charge in [-0.25, -0.2) is 0 Å². The first-order chi connectivity index (χ1) is 18.1. The molecule has 1 amide bonds. The lowest BCUT2D eigenvalue weighted by molar-refractivity contribution is -0.223. The number of ether oxygens (including phenoxy) is 4. The van der Waals surface area contributed by atoms with Crippen molar-refractivity contribution in [3.63, 3.8) is 0 Å². The minimum atomic E-state index is -0.493. The molecule has 3 aromatic rings. The Labute approximate surface area is 219 Å². The summed E-state index contributed by atoms with van der Waals surface area (Å²) < 4.78 is 25.4. The Morgan fingerprint density at radius 2 is 1.30 bits per heavy atom. The molecule has 0 bridgehead atoms. The second-order valence-electron chi connectivity index (χ2n) is 9.12. The van der Waals surface area contributed by atoms with Gasteiger partial charge < -0.3 is 24.3 Å². The first kappa shape index (κ1) is 26.8. The Morgan fingerprint density at radius 1 is 0.811 bits per heavy atom. The average molecular weight is 502 g/mol. The van der Waals surface area contributed by atoms with Crippen LogP contribution in [0.25, 0.3) is 0 Å². The van der Waals surface area contributed by atoms with Crippen molar-refractivity contribution < 1.29 is 23.7 Å². The SMILES string of the molecule is C=C[C@H]1OC(COCc2ccccc2)[C@H](OCc2ccccc2)C(OCc2ccccc2)C1NC(C)=O. The van der Waals surface area contributed by atoms with Crippen molar-refractivity contribution in [3.8, 4) is 0 Å². The van der Waals surface area contributed by atoms with Crippen molar-refractivity contribution in [2.24, 2.45) is 0 Å². The molecule has 0 radical (unpaired) electrons. The van der Waals surface area contributed by atoms with E-state index in [1.54, 1.807) is 6.08 Å². The predicted molar refractivity (Wildman–Crippen MR) is 143 cm³/mol. The Kier molecular flexibility index (Phi) is 10.0. The molecule has 1 N–H and O–H groups in total. The number of hydrogen-bond acceptors (Lipinski definition) is 5. The van der Waals surface area contributed by atoms with Crippen LogP contribution in [0, 0.1) is 0 Å². The highest BCUT2D eigenvalue weighted by atomic mass is 16.6. The number of rotatable bonds is 12. The number of hydrogen-bond donors (Lipinski definition) is 1. The lowest BCUT2D eigenvalue weighted by Gasteiger charge is -2.46. The van der Waals surface area contributed by atoms with Crippen LogP contribution in [0.1, 0.15) is 23.6 Å². The van der Waals surface area contributed by atoms with Crippen molar-refractivity contribution in [1.82, 2.24) is 5.32 Å². The van der Waals surface area contributed by atoms with Gasteiger partial charge in [0.15, 0.2) is 0 Å². The summed E-state index contributed by atoms with van der Waals surface area (Å²) in [6.07, 6.45) is -0.174. The van der Waals surface area contributed by atoms with Gasteiger partial charge in [-0.3, -0.25) is 4.79 Å². The highest BCUT2D eigenvalue weighted by Crippen LogP contribution is 2.29. The van der Waals surface area contributed by atoms with Crippen LogP contribution in [0.5, 0.6) is 0 Å². The lowest BCUT2D eigenvalue weighted by Crippen LogP contribution is -2.65. The molecule has 4 rings (SSSR count). The first-order valence-corrected chi connectivity index (χ1v) is 12.6. The molecule has 1 aliphatic heterocycles. The zero-order valence-corrected chi connectivity index (χ0v) is 21.2. The van der Waals surface area contributed by atoms with Gasteiger partial charge in [-0.1, -0.05) is 97.1 Å². The zero-order chi connectivity index (χ0) is 25.9. The highest BCUT2D eigenvalue weighted by molar-refractivity contribution is 5.73. The summed E-state index contributed by atoms with van der Waals surface area (Å²) in [5, 5.41) is 3.02. The number of amides is 1. The molecule has 37 heavy (non-hydrogen) atoms. The Balaban J connectivity index is 1.56. The molecule has 3 aromatic carbocycles. The third-order valence-corrected chi connectivity index (χ3v) is 6.30. The van der Waals surface area contributed by atoms with Crippen LogP contribution in [-0.4, -0.2) is 43.0 Å². The fourth-order valence-corrected chi connectivity index (χ4v) is 4.50. The topological polar surface area (TPSA) is 66.0 Å². The molecule has 0 aromatic heterocycles. The van der Waals surface area contributed by atoms with E-state index in [0.717, 1.165) is 16.7 Å².